The molecule has 1 saturated heterocycles. The molecule has 0 bridgehead atoms. The number of hydrogen-bond donors (Lipinski definition) is 2. The highest BCUT2D eigenvalue weighted by Crippen LogP contribution is 2.33. The normalized spacial score (nSPS) is 33.4. The van der Waals surface area contributed by atoms with E-state index in [1.807, 2.05) is 18.2 Å². The summed E-state index contributed by atoms with van der Waals surface area (Å²) in [4.78, 5) is 1.59. The van der Waals surface area contributed by atoms with Gasteiger partial charge in [-0.25, -0.2) is 0 Å². The van der Waals surface area contributed by atoms with Crippen LogP contribution in [0.25, 0.3) is 0 Å². The maximum atomic E-state index is 11.0. The molecule has 1 aliphatic rings. The van der Waals surface area contributed by atoms with E-state index in [2.05, 4.69) is 39.8 Å². The van der Waals surface area contributed by atoms with E-state index < -0.39 is 5.60 Å². The summed E-state index contributed by atoms with van der Waals surface area (Å²) in [5.74, 6) is 0.294. The molecule has 3 atom stereocenters. The van der Waals surface area contributed by atoms with Crippen LogP contribution < -0.4 is 4.90 Å². The van der Waals surface area contributed by atoms with Gasteiger partial charge in [0.15, 0.2) is 0 Å². The van der Waals surface area contributed by atoms with Crippen LogP contribution in [-0.4, -0.2) is 23.7 Å². The number of rotatable bonds is 1. The average Bonchev–Trinajstić information content (AvgIpc) is 2.32. The number of likely N-dealkylation sites (tertiary alicyclic amines) is 1. The van der Waals surface area contributed by atoms with Crippen molar-refractivity contribution in [3.05, 3.63) is 35.9 Å². The average molecular weight is 248 g/mol. The lowest BCUT2D eigenvalue weighted by Gasteiger charge is -2.45. The van der Waals surface area contributed by atoms with Gasteiger partial charge in [0.1, 0.15) is 5.60 Å². The molecule has 0 spiro atoms. The first-order chi connectivity index (χ1) is 8.34. The Labute approximate surface area is 111 Å². The summed E-state index contributed by atoms with van der Waals surface area (Å²) in [6.45, 7) is 11.1. The molecule has 1 aromatic rings. The highest BCUT2D eigenvalue weighted by atomic mass is 16.3. The second kappa shape index (κ2) is 4.67. The summed E-state index contributed by atoms with van der Waals surface area (Å²) in [6.07, 6.45) is 0.852. The third kappa shape index (κ3) is 2.45. The maximum absolute atomic E-state index is 11.0. The van der Waals surface area contributed by atoms with Crippen molar-refractivity contribution in [2.75, 3.05) is 13.1 Å². The SMILES string of the molecule is C[C@@H]1C[NH+](C(C)(C)C)CC[C@]1(O)c1ccccc1. The van der Waals surface area contributed by atoms with Gasteiger partial charge in [-0.15, -0.1) is 0 Å². The highest BCUT2D eigenvalue weighted by molar-refractivity contribution is 5.23. The number of quaternary nitrogens is 1. The van der Waals surface area contributed by atoms with Gasteiger partial charge in [-0.2, -0.15) is 0 Å². The predicted molar refractivity (Wildman–Crippen MR) is 74.6 cm³/mol. The fourth-order valence-corrected chi connectivity index (χ4v) is 3.07. The summed E-state index contributed by atoms with van der Waals surface area (Å²) >= 11 is 0. The van der Waals surface area contributed by atoms with E-state index in [1.165, 1.54) is 0 Å². The lowest BCUT2D eigenvalue weighted by molar-refractivity contribution is -0.957. The van der Waals surface area contributed by atoms with Crippen LogP contribution in [0.1, 0.15) is 39.7 Å². The van der Waals surface area contributed by atoms with Crippen molar-refractivity contribution >= 4 is 0 Å². The Morgan fingerprint density at radius 1 is 1.22 bits per heavy atom. The number of aliphatic hydroxyl groups is 1. The number of benzene rings is 1. The fraction of sp³-hybridized carbons (Fsp3) is 0.625. The van der Waals surface area contributed by atoms with Gasteiger partial charge in [0.05, 0.1) is 18.6 Å². The predicted octanol–water partition coefficient (Wildman–Crippen LogP) is 1.60. The molecule has 2 heteroatoms. The van der Waals surface area contributed by atoms with Crippen LogP contribution in [0.5, 0.6) is 0 Å². The van der Waals surface area contributed by atoms with E-state index in [0.717, 1.165) is 25.1 Å². The summed E-state index contributed by atoms with van der Waals surface area (Å²) in [5, 5.41) is 11.0. The van der Waals surface area contributed by atoms with E-state index >= 15 is 0 Å². The van der Waals surface area contributed by atoms with Gasteiger partial charge in [0.2, 0.25) is 0 Å². The Hall–Kier alpha value is -0.860. The van der Waals surface area contributed by atoms with Crippen LogP contribution in [0.3, 0.4) is 0 Å². The van der Waals surface area contributed by atoms with Crippen LogP contribution in [-0.2, 0) is 5.60 Å². The molecular formula is C16H26NO+. The molecule has 1 unspecified atom stereocenters. The zero-order valence-electron chi connectivity index (χ0n) is 12.0. The van der Waals surface area contributed by atoms with Crippen LogP contribution in [0, 0.1) is 5.92 Å². The van der Waals surface area contributed by atoms with Gasteiger partial charge in [-0.3, -0.25) is 0 Å². The summed E-state index contributed by atoms with van der Waals surface area (Å²) in [6, 6.07) is 10.1. The van der Waals surface area contributed by atoms with Crippen molar-refractivity contribution in [2.24, 2.45) is 5.92 Å². The summed E-state index contributed by atoms with van der Waals surface area (Å²) in [5.41, 5.74) is 0.702. The molecule has 0 radical (unpaired) electrons. The van der Waals surface area contributed by atoms with E-state index in [-0.39, 0.29) is 5.54 Å². The van der Waals surface area contributed by atoms with Crippen molar-refractivity contribution in [2.45, 2.75) is 45.3 Å². The number of hydrogen-bond acceptors (Lipinski definition) is 1. The summed E-state index contributed by atoms with van der Waals surface area (Å²) in [7, 11) is 0. The van der Waals surface area contributed by atoms with E-state index in [9.17, 15) is 5.11 Å². The van der Waals surface area contributed by atoms with Crippen LogP contribution in [0.2, 0.25) is 0 Å². The molecule has 0 aromatic heterocycles. The minimum atomic E-state index is -0.643. The monoisotopic (exact) mass is 248 g/mol. The molecule has 18 heavy (non-hydrogen) atoms. The lowest BCUT2D eigenvalue weighted by atomic mass is 9.76. The topological polar surface area (TPSA) is 24.7 Å². The first kappa shape index (κ1) is 13.6. The molecule has 1 fully saturated rings. The Balaban J connectivity index is 2.19. The van der Waals surface area contributed by atoms with Crippen molar-refractivity contribution in [3.63, 3.8) is 0 Å². The highest BCUT2D eigenvalue weighted by Gasteiger charge is 2.44. The van der Waals surface area contributed by atoms with Crippen molar-refractivity contribution < 1.29 is 10.0 Å². The summed E-state index contributed by atoms with van der Waals surface area (Å²) < 4.78 is 0. The number of nitrogens with one attached hydrogen (secondary N) is 1. The van der Waals surface area contributed by atoms with Gasteiger partial charge in [0.25, 0.3) is 0 Å². The Morgan fingerprint density at radius 3 is 2.33 bits per heavy atom. The molecule has 2 rings (SSSR count). The third-order valence-corrected chi connectivity index (χ3v) is 4.51. The second-order valence-electron chi connectivity index (χ2n) is 6.75. The molecule has 0 amide bonds. The van der Waals surface area contributed by atoms with Crippen LogP contribution >= 0.6 is 0 Å². The zero-order chi connectivity index (χ0) is 13.4. The molecule has 2 nitrogen and oxygen atoms in total. The van der Waals surface area contributed by atoms with E-state index in [1.54, 1.807) is 4.90 Å². The Kier molecular flexibility index (Phi) is 3.52. The van der Waals surface area contributed by atoms with Gasteiger partial charge in [-0.05, 0) is 26.3 Å². The maximum Gasteiger partial charge on any atom is 0.103 e. The van der Waals surface area contributed by atoms with Gasteiger partial charge in [0, 0.05) is 12.3 Å². The van der Waals surface area contributed by atoms with Gasteiger partial charge >= 0.3 is 0 Å². The molecule has 2 N–H and O–H groups in total. The fourth-order valence-electron chi connectivity index (χ4n) is 3.07. The molecule has 1 heterocycles. The van der Waals surface area contributed by atoms with Gasteiger partial charge < -0.3 is 10.0 Å². The molecule has 1 aliphatic heterocycles. The molecule has 0 aliphatic carbocycles. The Bertz CT molecular complexity index is 395. The van der Waals surface area contributed by atoms with E-state index in [0.29, 0.717) is 5.92 Å². The lowest BCUT2D eigenvalue weighted by Crippen LogP contribution is -3.20. The van der Waals surface area contributed by atoms with Gasteiger partial charge in [-0.1, -0.05) is 37.3 Å². The van der Waals surface area contributed by atoms with Crippen LogP contribution in [0.15, 0.2) is 30.3 Å². The molecular weight excluding hydrogens is 222 g/mol. The standard InChI is InChI=1S/C16H25NO/c1-13-12-17(15(2,3)4)11-10-16(13,18)14-8-6-5-7-9-14/h5-9,13,18H,10-12H2,1-4H3/p+1/t13-,16-/m1/s1. The van der Waals surface area contributed by atoms with Crippen molar-refractivity contribution in [1.82, 2.24) is 0 Å². The second-order valence-corrected chi connectivity index (χ2v) is 6.75. The number of piperidine rings is 1. The van der Waals surface area contributed by atoms with Crippen LogP contribution in [0.4, 0.5) is 0 Å². The molecule has 100 valence electrons. The van der Waals surface area contributed by atoms with Crippen molar-refractivity contribution in [1.29, 1.82) is 0 Å². The first-order valence-electron chi connectivity index (χ1n) is 6.97. The molecule has 0 saturated carbocycles. The smallest absolute Gasteiger partial charge is 0.103 e. The molecule has 1 aromatic carbocycles. The largest absolute Gasteiger partial charge is 0.384 e. The van der Waals surface area contributed by atoms with Crippen molar-refractivity contribution in [3.8, 4) is 0 Å². The first-order valence-corrected chi connectivity index (χ1v) is 6.97. The zero-order valence-corrected chi connectivity index (χ0v) is 12.0. The van der Waals surface area contributed by atoms with E-state index in [4.69, 9.17) is 0 Å². The minimum Gasteiger partial charge on any atom is -0.384 e. The Morgan fingerprint density at radius 2 is 1.83 bits per heavy atom. The minimum absolute atomic E-state index is 0.270. The quantitative estimate of drug-likeness (QED) is 0.775. The third-order valence-electron chi connectivity index (χ3n) is 4.51.